The molecular weight excluding hydrogens is 222 g/mol. The predicted octanol–water partition coefficient (Wildman–Crippen LogP) is 0.661. The minimum atomic E-state index is -0.815. The van der Waals surface area contributed by atoms with Gasteiger partial charge in [0.1, 0.15) is 6.04 Å². The largest absolute Gasteiger partial charge is 0.390 e. The highest BCUT2D eigenvalue weighted by Gasteiger charge is 2.60. The molecule has 0 radical (unpaired) electrons. The van der Waals surface area contributed by atoms with E-state index in [-0.39, 0.29) is 5.41 Å². The van der Waals surface area contributed by atoms with Crippen LogP contribution < -0.4 is 5.73 Å². The highest BCUT2D eigenvalue weighted by atomic mass is 17.1. The molecule has 4 rings (SSSR count). The van der Waals surface area contributed by atoms with Gasteiger partial charge in [-0.25, -0.2) is 4.79 Å². The van der Waals surface area contributed by atoms with Crippen molar-refractivity contribution in [1.82, 2.24) is 0 Å². The summed E-state index contributed by atoms with van der Waals surface area (Å²) in [5, 5.41) is 19.0. The molecule has 0 spiro atoms. The summed E-state index contributed by atoms with van der Waals surface area (Å²) < 4.78 is 0. The Morgan fingerprint density at radius 3 is 2.35 bits per heavy atom. The molecule has 4 fully saturated rings. The summed E-state index contributed by atoms with van der Waals surface area (Å²) >= 11 is 0. The van der Waals surface area contributed by atoms with Gasteiger partial charge in [0.2, 0.25) is 0 Å². The lowest BCUT2D eigenvalue weighted by Gasteiger charge is -2.61. The Hall–Kier alpha value is -0.650. The molecule has 0 amide bonds. The Morgan fingerprint density at radius 2 is 1.88 bits per heavy atom. The van der Waals surface area contributed by atoms with E-state index >= 15 is 0 Å². The lowest BCUT2D eigenvalue weighted by Crippen LogP contribution is -2.62. The molecule has 0 aliphatic heterocycles. The molecule has 0 saturated heterocycles. The van der Waals surface area contributed by atoms with Crippen molar-refractivity contribution in [3.05, 3.63) is 0 Å². The average Bonchev–Trinajstić information content (AvgIpc) is 2.23. The molecule has 5 heteroatoms. The molecule has 2 unspecified atom stereocenters. The molecule has 0 aromatic carbocycles. The second-order valence-corrected chi connectivity index (χ2v) is 6.44. The maximum Gasteiger partial charge on any atom is 0.359 e. The first kappa shape index (κ1) is 11.4. The Bertz CT molecular complexity index is 342. The zero-order chi connectivity index (χ0) is 12.3. The number of nitrogens with two attached hydrogens (primary N) is 1. The lowest BCUT2D eigenvalue weighted by molar-refractivity contribution is -0.244. The third-order valence-corrected chi connectivity index (χ3v) is 5.08. The SMILES string of the molecule is N[C@H](C(=O)OO)C12CC3CC(CC(O)(C3)C1)C2. The summed E-state index contributed by atoms with van der Waals surface area (Å²) in [7, 11) is 0. The topological polar surface area (TPSA) is 92.8 Å². The van der Waals surface area contributed by atoms with Crippen LogP contribution in [0.25, 0.3) is 0 Å². The maximum absolute atomic E-state index is 11.5. The van der Waals surface area contributed by atoms with Gasteiger partial charge in [-0.05, 0) is 55.8 Å². The number of hydrogen-bond acceptors (Lipinski definition) is 5. The second kappa shape index (κ2) is 3.43. The van der Waals surface area contributed by atoms with Gasteiger partial charge in [-0.2, -0.15) is 5.26 Å². The lowest BCUT2D eigenvalue weighted by atomic mass is 9.46. The number of carbonyl (C=O) groups excluding carboxylic acids is 1. The highest BCUT2D eigenvalue weighted by Crippen LogP contribution is 2.62. The molecule has 3 atom stereocenters. The zero-order valence-electron chi connectivity index (χ0n) is 9.76. The van der Waals surface area contributed by atoms with Gasteiger partial charge in [0.05, 0.1) is 5.60 Å². The monoisotopic (exact) mass is 241 g/mol. The fourth-order valence-corrected chi connectivity index (χ4v) is 4.95. The van der Waals surface area contributed by atoms with Gasteiger partial charge in [-0.3, -0.25) is 4.89 Å². The molecule has 0 aromatic heterocycles. The predicted molar refractivity (Wildman–Crippen MR) is 58.8 cm³/mol. The van der Waals surface area contributed by atoms with Crippen LogP contribution in [-0.2, 0) is 9.68 Å². The molecular formula is C12H19NO4. The van der Waals surface area contributed by atoms with Crippen molar-refractivity contribution in [3.63, 3.8) is 0 Å². The molecule has 17 heavy (non-hydrogen) atoms. The van der Waals surface area contributed by atoms with Crippen LogP contribution in [0, 0.1) is 17.3 Å². The van der Waals surface area contributed by atoms with E-state index in [0.29, 0.717) is 18.3 Å². The first-order valence-electron chi connectivity index (χ1n) is 6.30. The van der Waals surface area contributed by atoms with E-state index in [2.05, 4.69) is 4.89 Å². The van der Waals surface area contributed by atoms with Gasteiger partial charge in [0, 0.05) is 0 Å². The Morgan fingerprint density at radius 1 is 1.29 bits per heavy atom. The van der Waals surface area contributed by atoms with Crippen LogP contribution >= 0.6 is 0 Å². The van der Waals surface area contributed by atoms with E-state index in [1.807, 2.05) is 0 Å². The molecule has 5 nitrogen and oxygen atoms in total. The van der Waals surface area contributed by atoms with Gasteiger partial charge in [0.15, 0.2) is 0 Å². The van der Waals surface area contributed by atoms with Crippen molar-refractivity contribution in [2.75, 3.05) is 0 Å². The summed E-state index contributed by atoms with van der Waals surface area (Å²) in [4.78, 5) is 15.2. The normalized spacial score (nSPS) is 49.1. The third-order valence-electron chi connectivity index (χ3n) is 5.08. The van der Waals surface area contributed by atoms with E-state index < -0.39 is 17.6 Å². The summed E-state index contributed by atoms with van der Waals surface area (Å²) in [6.07, 6.45) is 5.15. The number of carbonyl (C=O) groups is 1. The van der Waals surface area contributed by atoms with E-state index in [9.17, 15) is 9.90 Å². The van der Waals surface area contributed by atoms with Gasteiger partial charge < -0.3 is 10.8 Å². The van der Waals surface area contributed by atoms with Crippen LogP contribution in [0.3, 0.4) is 0 Å². The van der Waals surface area contributed by atoms with E-state index in [1.165, 1.54) is 0 Å². The molecule has 4 saturated carbocycles. The highest BCUT2D eigenvalue weighted by molar-refractivity contribution is 5.76. The molecule has 4 aliphatic carbocycles. The molecule has 0 aromatic rings. The van der Waals surface area contributed by atoms with Crippen molar-refractivity contribution in [2.24, 2.45) is 23.0 Å². The molecule has 96 valence electrons. The van der Waals surface area contributed by atoms with Crippen molar-refractivity contribution < 1.29 is 20.0 Å². The maximum atomic E-state index is 11.5. The third kappa shape index (κ3) is 1.60. The molecule has 4 N–H and O–H groups in total. The molecule has 4 aliphatic rings. The standard InChI is InChI=1S/C12H19NO4/c13-9(10(14)17-16)11-2-7-1-8(3-11)5-12(15,4-7)6-11/h7-9,15-16H,1-6,13H2/t7?,8?,9-,11?,12?/m1/s1. The summed E-state index contributed by atoms with van der Waals surface area (Å²) in [5.74, 6) is 0.174. The quantitative estimate of drug-likeness (QED) is 0.488. The number of aliphatic hydroxyl groups is 1. The van der Waals surface area contributed by atoms with Crippen molar-refractivity contribution >= 4 is 5.97 Å². The Kier molecular flexibility index (Phi) is 2.31. The zero-order valence-corrected chi connectivity index (χ0v) is 9.76. The van der Waals surface area contributed by atoms with Crippen molar-refractivity contribution in [3.8, 4) is 0 Å². The van der Waals surface area contributed by atoms with Crippen LogP contribution in [0.15, 0.2) is 0 Å². The second-order valence-electron chi connectivity index (χ2n) is 6.44. The Balaban J connectivity index is 1.90. The van der Waals surface area contributed by atoms with Crippen molar-refractivity contribution in [2.45, 2.75) is 50.2 Å². The summed E-state index contributed by atoms with van der Waals surface area (Å²) in [5.41, 5.74) is 4.94. The summed E-state index contributed by atoms with van der Waals surface area (Å²) in [6.45, 7) is 0. The van der Waals surface area contributed by atoms with E-state index in [4.69, 9.17) is 11.0 Å². The Labute approximate surface area is 99.9 Å². The molecule has 4 bridgehead atoms. The van der Waals surface area contributed by atoms with Crippen LogP contribution in [0.5, 0.6) is 0 Å². The fourth-order valence-electron chi connectivity index (χ4n) is 4.95. The first-order chi connectivity index (χ1) is 7.96. The van der Waals surface area contributed by atoms with Crippen LogP contribution in [-0.4, -0.2) is 28.0 Å². The van der Waals surface area contributed by atoms with Gasteiger partial charge >= 0.3 is 5.97 Å². The fraction of sp³-hybridized carbons (Fsp3) is 0.917. The number of hydrogen-bond donors (Lipinski definition) is 3. The van der Waals surface area contributed by atoms with Crippen molar-refractivity contribution in [1.29, 1.82) is 0 Å². The van der Waals surface area contributed by atoms with E-state index in [1.54, 1.807) is 0 Å². The first-order valence-corrected chi connectivity index (χ1v) is 6.30. The van der Waals surface area contributed by atoms with Crippen LogP contribution in [0.2, 0.25) is 0 Å². The van der Waals surface area contributed by atoms with Crippen LogP contribution in [0.1, 0.15) is 38.5 Å². The van der Waals surface area contributed by atoms with Gasteiger partial charge in [-0.1, -0.05) is 0 Å². The molecule has 0 heterocycles. The smallest absolute Gasteiger partial charge is 0.359 e. The minimum Gasteiger partial charge on any atom is -0.390 e. The van der Waals surface area contributed by atoms with Gasteiger partial charge in [-0.15, -0.1) is 0 Å². The van der Waals surface area contributed by atoms with E-state index in [0.717, 1.165) is 32.1 Å². The minimum absolute atomic E-state index is 0.362. The van der Waals surface area contributed by atoms with Gasteiger partial charge in [0.25, 0.3) is 0 Å². The van der Waals surface area contributed by atoms with Crippen LogP contribution in [0.4, 0.5) is 0 Å². The summed E-state index contributed by atoms with van der Waals surface area (Å²) in [6, 6.07) is -0.815. The average molecular weight is 241 g/mol. The number of rotatable bonds is 2.